The Labute approximate surface area is 128 Å². The molecule has 0 saturated carbocycles. The van der Waals surface area contributed by atoms with Crippen LogP contribution in [0.5, 0.6) is 0 Å². The molecule has 0 unspecified atom stereocenters. The van der Waals surface area contributed by atoms with E-state index < -0.39 is 0 Å². The number of nitrogens with one attached hydrogen (secondary N) is 1. The summed E-state index contributed by atoms with van der Waals surface area (Å²) in [6.45, 7) is 2.15. The van der Waals surface area contributed by atoms with Gasteiger partial charge in [0, 0.05) is 12.4 Å². The van der Waals surface area contributed by atoms with Crippen LogP contribution in [0.3, 0.4) is 0 Å². The number of halogens is 1. The number of aromatic nitrogens is 1. The van der Waals surface area contributed by atoms with E-state index >= 15 is 0 Å². The number of carbonyl (C=O) groups excluding carboxylic acids is 1. The summed E-state index contributed by atoms with van der Waals surface area (Å²) in [5.74, 6) is 5.26. The molecule has 0 saturated heterocycles. The standard InChI is InChI=1S/C16H14ClN3O/c1-11-4-5-14(17)15(9-11)20-16(21)13-6-8-19-10-12(13)3-2-7-18/h4-6,8-10H,7,18H2,1H3,(H,20,21). The molecule has 4 nitrogen and oxygen atoms in total. The van der Waals surface area contributed by atoms with E-state index in [1.54, 1.807) is 18.3 Å². The minimum Gasteiger partial charge on any atom is -0.321 e. The summed E-state index contributed by atoms with van der Waals surface area (Å²) in [5.41, 5.74) is 7.89. The average Bonchev–Trinajstić information content (AvgIpc) is 2.49. The number of benzene rings is 1. The third-order valence-corrected chi connectivity index (χ3v) is 3.09. The number of anilines is 1. The van der Waals surface area contributed by atoms with Crippen molar-refractivity contribution in [1.29, 1.82) is 0 Å². The third-order valence-electron chi connectivity index (χ3n) is 2.76. The van der Waals surface area contributed by atoms with Gasteiger partial charge in [-0.3, -0.25) is 9.78 Å². The molecule has 106 valence electrons. The average molecular weight is 300 g/mol. The number of hydrogen-bond acceptors (Lipinski definition) is 3. The Bertz CT molecular complexity index is 732. The van der Waals surface area contributed by atoms with E-state index in [-0.39, 0.29) is 12.5 Å². The van der Waals surface area contributed by atoms with Gasteiger partial charge in [0.2, 0.25) is 0 Å². The van der Waals surface area contributed by atoms with Crippen LogP contribution in [-0.4, -0.2) is 17.4 Å². The summed E-state index contributed by atoms with van der Waals surface area (Å²) in [6.07, 6.45) is 3.08. The van der Waals surface area contributed by atoms with Crippen LogP contribution in [0.15, 0.2) is 36.7 Å². The molecule has 0 radical (unpaired) electrons. The van der Waals surface area contributed by atoms with Crippen LogP contribution < -0.4 is 11.1 Å². The molecule has 0 aliphatic rings. The quantitative estimate of drug-likeness (QED) is 0.838. The zero-order valence-electron chi connectivity index (χ0n) is 11.5. The van der Waals surface area contributed by atoms with Gasteiger partial charge in [0.15, 0.2) is 0 Å². The van der Waals surface area contributed by atoms with Gasteiger partial charge in [-0.25, -0.2) is 0 Å². The lowest BCUT2D eigenvalue weighted by Gasteiger charge is -2.09. The number of hydrogen-bond donors (Lipinski definition) is 2. The first kappa shape index (κ1) is 15.0. The molecule has 0 spiro atoms. The van der Waals surface area contributed by atoms with Gasteiger partial charge in [0.1, 0.15) is 0 Å². The Hall–Kier alpha value is -2.35. The Morgan fingerprint density at radius 2 is 2.24 bits per heavy atom. The third kappa shape index (κ3) is 3.82. The monoisotopic (exact) mass is 299 g/mol. The molecule has 1 heterocycles. The van der Waals surface area contributed by atoms with Gasteiger partial charge in [-0.1, -0.05) is 29.5 Å². The molecule has 2 aromatic rings. The molecule has 1 aromatic heterocycles. The van der Waals surface area contributed by atoms with Gasteiger partial charge < -0.3 is 11.1 Å². The maximum absolute atomic E-state index is 12.4. The van der Waals surface area contributed by atoms with E-state index in [9.17, 15) is 4.79 Å². The Kier molecular flexibility index (Phi) is 4.94. The van der Waals surface area contributed by atoms with Crippen molar-refractivity contribution in [2.45, 2.75) is 6.92 Å². The topological polar surface area (TPSA) is 68.0 Å². The number of nitrogens with two attached hydrogens (primary N) is 1. The Morgan fingerprint density at radius 3 is 3.00 bits per heavy atom. The van der Waals surface area contributed by atoms with Gasteiger partial charge in [-0.15, -0.1) is 0 Å². The predicted octanol–water partition coefficient (Wildman–Crippen LogP) is 2.61. The summed E-state index contributed by atoms with van der Waals surface area (Å²) in [5, 5.41) is 3.27. The smallest absolute Gasteiger partial charge is 0.257 e. The van der Waals surface area contributed by atoms with Crippen LogP contribution in [-0.2, 0) is 0 Å². The van der Waals surface area contributed by atoms with Crippen LogP contribution in [0.25, 0.3) is 0 Å². The maximum Gasteiger partial charge on any atom is 0.257 e. The second kappa shape index (κ2) is 6.89. The highest BCUT2D eigenvalue weighted by Crippen LogP contribution is 2.23. The normalized spacial score (nSPS) is 9.67. The minimum absolute atomic E-state index is 0.222. The lowest BCUT2D eigenvalue weighted by atomic mass is 10.1. The van der Waals surface area contributed by atoms with Gasteiger partial charge >= 0.3 is 0 Å². The first-order valence-electron chi connectivity index (χ1n) is 6.32. The second-order valence-electron chi connectivity index (χ2n) is 4.36. The van der Waals surface area contributed by atoms with Gasteiger partial charge in [-0.2, -0.15) is 0 Å². The zero-order chi connectivity index (χ0) is 15.2. The lowest BCUT2D eigenvalue weighted by molar-refractivity contribution is 0.102. The van der Waals surface area contributed by atoms with E-state index in [1.165, 1.54) is 6.20 Å². The van der Waals surface area contributed by atoms with Crippen molar-refractivity contribution in [2.24, 2.45) is 5.73 Å². The molecule has 0 atom stereocenters. The van der Waals surface area contributed by atoms with E-state index in [0.29, 0.717) is 21.8 Å². The Morgan fingerprint density at radius 1 is 1.43 bits per heavy atom. The predicted molar refractivity (Wildman–Crippen MR) is 84.3 cm³/mol. The highest BCUT2D eigenvalue weighted by Gasteiger charge is 2.12. The summed E-state index contributed by atoms with van der Waals surface area (Å²) in [7, 11) is 0. The first-order valence-corrected chi connectivity index (χ1v) is 6.70. The van der Waals surface area contributed by atoms with Crippen molar-refractivity contribution >= 4 is 23.2 Å². The SMILES string of the molecule is Cc1ccc(Cl)c(NC(=O)c2ccncc2C#CCN)c1. The first-order chi connectivity index (χ1) is 10.1. The van der Waals surface area contributed by atoms with Crippen molar-refractivity contribution in [2.75, 3.05) is 11.9 Å². The number of nitrogens with zero attached hydrogens (tertiary/aromatic N) is 1. The molecule has 0 fully saturated rings. The molecule has 0 aliphatic heterocycles. The highest BCUT2D eigenvalue weighted by atomic mass is 35.5. The summed E-state index contributed by atoms with van der Waals surface area (Å²) < 4.78 is 0. The van der Waals surface area contributed by atoms with Gasteiger partial charge in [0.25, 0.3) is 5.91 Å². The highest BCUT2D eigenvalue weighted by molar-refractivity contribution is 6.34. The summed E-state index contributed by atoms with van der Waals surface area (Å²) in [4.78, 5) is 16.3. The van der Waals surface area contributed by atoms with E-state index in [0.717, 1.165) is 5.56 Å². The van der Waals surface area contributed by atoms with Crippen LogP contribution in [0, 0.1) is 18.8 Å². The second-order valence-corrected chi connectivity index (χ2v) is 4.77. The number of rotatable bonds is 2. The van der Waals surface area contributed by atoms with Crippen LogP contribution in [0.1, 0.15) is 21.5 Å². The minimum atomic E-state index is -0.286. The van der Waals surface area contributed by atoms with Crippen molar-refractivity contribution in [3.63, 3.8) is 0 Å². The van der Waals surface area contributed by atoms with Gasteiger partial charge in [0.05, 0.1) is 28.4 Å². The summed E-state index contributed by atoms with van der Waals surface area (Å²) >= 11 is 6.08. The lowest BCUT2D eigenvalue weighted by Crippen LogP contribution is -2.14. The van der Waals surface area contributed by atoms with Crippen LogP contribution >= 0.6 is 11.6 Å². The van der Waals surface area contributed by atoms with Crippen molar-refractivity contribution in [1.82, 2.24) is 4.98 Å². The van der Waals surface area contributed by atoms with Gasteiger partial charge in [-0.05, 0) is 30.7 Å². The number of aryl methyl sites for hydroxylation is 1. The summed E-state index contributed by atoms with van der Waals surface area (Å²) in [6, 6.07) is 7.04. The van der Waals surface area contributed by atoms with Crippen LogP contribution in [0.4, 0.5) is 5.69 Å². The van der Waals surface area contributed by atoms with E-state index in [2.05, 4.69) is 22.1 Å². The van der Waals surface area contributed by atoms with E-state index in [1.807, 2.05) is 19.1 Å². The van der Waals surface area contributed by atoms with Crippen molar-refractivity contribution in [3.8, 4) is 11.8 Å². The molecular weight excluding hydrogens is 286 g/mol. The molecule has 1 aromatic carbocycles. The maximum atomic E-state index is 12.4. The molecule has 2 rings (SSSR count). The zero-order valence-corrected chi connectivity index (χ0v) is 12.2. The number of amides is 1. The molecule has 0 aliphatic carbocycles. The molecule has 3 N–H and O–H groups in total. The molecular formula is C16H14ClN3O. The fourth-order valence-corrected chi connectivity index (χ4v) is 1.93. The fourth-order valence-electron chi connectivity index (χ4n) is 1.76. The number of carbonyl (C=O) groups is 1. The molecule has 5 heteroatoms. The molecule has 0 bridgehead atoms. The number of pyridine rings is 1. The van der Waals surface area contributed by atoms with E-state index in [4.69, 9.17) is 17.3 Å². The van der Waals surface area contributed by atoms with Crippen LogP contribution in [0.2, 0.25) is 5.02 Å². The molecule has 1 amide bonds. The van der Waals surface area contributed by atoms with Crippen molar-refractivity contribution in [3.05, 3.63) is 58.4 Å². The fraction of sp³-hybridized carbons (Fsp3) is 0.125. The largest absolute Gasteiger partial charge is 0.321 e. The Balaban J connectivity index is 2.31. The van der Waals surface area contributed by atoms with Crippen molar-refractivity contribution < 1.29 is 4.79 Å². The molecule has 21 heavy (non-hydrogen) atoms.